The fraction of sp³-hybridized carbons (Fsp3) is 0.417. The fourth-order valence-electron chi connectivity index (χ4n) is 2.36. The Morgan fingerprint density at radius 2 is 2.12 bits per heavy atom. The second-order valence-electron chi connectivity index (χ2n) is 4.38. The molecule has 2 aliphatic rings. The topological polar surface area (TPSA) is 55.8 Å². The molecule has 0 unspecified atom stereocenters. The molecule has 0 bridgehead atoms. The van der Waals surface area contributed by atoms with Crippen molar-refractivity contribution in [2.24, 2.45) is 0 Å². The van der Waals surface area contributed by atoms with E-state index in [4.69, 9.17) is 9.47 Å². The van der Waals surface area contributed by atoms with Gasteiger partial charge < -0.3 is 14.6 Å². The number of benzene rings is 1. The minimum absolute atomic E-state index is 0.182. The van der Waals surface area contributed by atoms with Crippen molar-refractivity contribution in [1.82, 2.24) is 0 Å². The van der Waals surface area contributed by atoms with Crippen LogP contribution in [0.1, 0.15) is 24.0 Å². The van der Waals surface area contributed by atoms with Crippen LogP contribution < -0.4 is 9.47 Å². The van der Waals surface area contributed by atoms with Crippen LogP contribution in [0, 0.1) is 6.92 Å². The lowest BCUT2D eigenvalue weighted by atomic mass is 9.90. The molecule has 16 heavy (non-hydrogen) atoms. The van der Waals surface area contributed by atoms with Crippen molar-refractivity contribution in [3.63, 3.8) is 0 Å². The Morgan fingerprint density at radius 1 is 1.38 bits per heavy atom. The molecule has 1 aromatic rings. The number of carbonyl (C=O) groups is 1. The molecule has 4 heteroatoms. The smallest absolute Gasteiger partial charge is 0.314 e. The third-order valence-electron chi connectivity index (χ3n) is 3.39. The van der Waals surface area contributed by atoms with E-state index in [-0.39, 0.29) is 6.79 Å². The van der Waals surface area contributed by atoms with Gasteiger partial charge in [-0.25, -0.2) is 0 Å². The third-order valence-corrected chi connectivity index (χ3v) is 3.39. The van der Waals surface area contributed by atoms with Crippen molar-refractivity contribution in [3.05, 3.63) is 23.3 Å². The number of ether oxygens (including phenoxy) is 2. The summed E-state index contributed by atoms with van der Waals surface area (Å²) in [6.07, 6.45) is 1.37. The van der Waals surface area contributed by atoms with Crippen LogP contribution >= 0.6 is 0 Å². The Labute approximate surface area is 92.8 Å². The van der Waals surface area contributed by atoms with E-state index < -0.39 is 11.4 Å². The molecule has 0 radical (unpaired) electrons. The van der Waals surface area contributed by atoms with Crippen LogP contribution in [0.25, 0.3) is 0 Å². The first-order valence-corrected chi connectivity index (χ1v) is 5.28. The summed E-state index contributed by atoms with van der Waals surface area (Å²) in [5.41, 5.74) is 1.03. The first-order chi connectivity index (χ1) is 7.65. The minimum atomic E-state index is -0.764. The summed E-state index contributed by atoms with van der Waals surface area (Å²) in [5.74, 6) is 0.521. The number of aryl methyl sites for hydroxylation is 1. The highest BCUT2D eigenvalue weighted by Gasteiger charge is 2.55. The largest absolute Gasteiger partial charge is 0.481 e. The van der Waals surface area contributed by atoms with Crippen molar-refractivity contribution in [2.45, 2.75) is 25.2 Å². The van der Waals surface area contributed by atoms with Gasteiger partial charge in [0, 0.05) is 5.56 Å². The van der Waals surface area contributed by atoms with Crippen molar-refractivity contribution in [3.8, 4) is 11.5 Å². The highest BCUT2D eigenvalue weighted by molar-refractivity contribution is 5.87. The Morgan fingerprint density at radius 3 is 2.75 bits per heavy atom. The third kappa shape index (κ3) is 1.07. The number of fused-ring (bicyclic) bond motifs is 1. The molecule has 0 spiro atoms. The number of aliphatic carboxylic acids is 1. The van der Waals surface area contributed by atoms with Crippen molar-refractivity contribution >= 4 is 5.97 Å². The summed E-state index contributed by atoms with van der Waals surface area (Å²) in [5, 5.41) is 9.32. The molecule has 84 valence electrons. The van der Waals surface area contributed by atoms with Gasteiger partial charge in [-0.15, -0.1) is 0 Å². The van der Waals surface area contributed by atoms with E-state index in [2.05, 4.69) is 0 Å². The number of hydrogen-bond acceptors (Lipinski definition) is 3. The Hall–Kier alpha value is -1.71. The van der Waals surface area contributed by atoms with Crippen molar-refractivity contribution in [1.29, 1.82) is 0 Å². The second kappa shape index (κ2) is 2.90. The molecule has 3 rings (SSSR count). The zero-order valence-corrected chi connectivity index (χ0v) is 8.95. The van der Waals surface area contributed by atoms with E-state index in [0.29, 0.717) is 24.3 Å². The van der Waals surface area contributed by atoms with E-state index in [1.165, 1.54) is 0 Å². The van der Waals surface area contributed by atoms with E-state index in [1.807, 2.05) is 19.1 Å². The number of rotatable bonds is 2. The maximum atomic E-state index is 11.3. The molecule has 0 aromatic heterocycles. The molecular weight excluding hydrogens is 208 g/mol. The molecule has 0 saturated heterocycles. The van der Waals surface area contributed by atoms with Gasteiger partial charge in [0.2, 0.25) is 6.79 Å². The fourth-order valence-corrected chi connectivity index (χ4v) is 2.36. The van der Waals surface area contributed by atoms with Crippen LogP contribution in [0.3, 0.4) is 0 Å². The van der Waals surface area contributed by atoms with E-state index >= 15 is 0 Å². The van der Waals surface area contributed by atoms with Gasteiger partial charge in [-0.05, 0) is 31.4 Å². The zero-order chi connectivity index (χ0) is 11.3. The van der Waals surface area contributed by atoms with Crippen LogP contribution in [0.5, 0.6) is 11.5 Å². The van der Waals surface area contributed by atoms with Gasteiger partial charge in [-0.1, -0.05) is 6.07 Å². The Balaban J connectivity index is 2.21. The Bertz CT molecular complexity index is 474. The molecule has 0 atom stereocenters. The monoisotopic (exact) mass is 220 g/mol. The number of hydrogen-bond donors (Lipinski definition) is 1. The molecule has 1 saturated carbocycles. The summed E-state index contributed by atoms with van der Waals surface area (Å²) in [6, 6.07) is 3.73. The summed E-state index contributed by atoms with van der Waals surface area (Å²) >= 11 is 0. The van der Waals surface area contributed by atoms with Gasteiger partial charge in [0.25, 0.3) is 0 Å². The van der Waals surface area contributed by atoms with Gasteiger partial charge in [0.05, 0.1) is 5.41 Å². The maximum Gasteiger partial charge on any atom is 0.314 e. The summed E-state index contributed by atoms with van der Waals surface area (Å²) < 4.78 is 10.7. The van der Waals surface area contributed by atoms with Crippen molar-refractivity contribution < 1.29 is 19.4 Å². The van der Waals surface area contributed by atoms with Gasteiger partial charge in [-0.2, -0.15) is 0 Å². The lowest BCUT2D eigenvalue weighted by molar-refractivity contribution is -0.140. The highest BCUT2D eigenvalue weighted by Crippen LogP contribution is 2.55. The maximum absolute atomic E-state index is 11.3. The normalized spacial score (nSPS) is 19.6. The van der Waals surface area contributed by atoms with Crippen LogP contribution in [-0.2, 0) is 10.2 Å². The first-order valence-electron chi connectivity index (χ1n) is 5.28. The van der Waals surface area contributed by atoms with Crippen LogP contribution in [-0.4, -0.2) is 17.9 Å². The highest BCUT2D eigenvalue weighted by atomic mass is 16.7. The quantitative estimate of drug-likeness (QED) is 0.826. The number of carboxylic acids is 1. The standard InChI is InChI=1S/C12H12O4/c1-7-2-3-8-10(16-6-15-8)9(7)12(4-5-12)11(13)14/h2-3H,4-6H2,1H3,(H,13,14). The minimum Gasteiger partial charge on any atom is -0.481 e. The van der Waals surface area contributed by atoms with Gasteiger partial charge >= 0.3 is 5.97 Å². The predicted molar refractivity (Wildman–Crippen MR) is 55.8 cm³/mol. The SMILES string of the molecule is Cc1ccc2c(c1C1(C(=O)O)CC1)OCO2. The predicted octanol–water partition coefficient (Wildman–Crippen LogP) is 1.84. The lowest BCUT2D eigenvalue weighted by Crippen LogP contribution is -2.21. The molecule has 1 N–H and O–H groups in total. The van der Waals surface area contributed by atoms with Crippen LogP contribution in [0.15, 0.2) is 12.1 Å². The summed E-state index contributed by atoms with van der Waals surface area (Å²) in [7, 11) is 0. The molecule has 1 aliphatic heterocycles. The van der Waals surface area contributed by atoms with Gasteiger partial charge in [-0.3, -0.25) is 4.79 Å². The van der Waals surface area contributed by atoms with Gasteiger partial charge in [0.15, 0.2) is 11.5 Å². The molecule has 1 aromatic carbocycles. The van der Waals surface area contributed by atoms with Crippen LogP contribution in [0.4, 0.5) is 0 Å². The average molecular weight is 220 g/mol. The van der Waals surface area contributed by atoms with Crippen LogP contribution in [0.2, 0.25) is 0 Å². The van der Waals surface area contributed by atoms with E-state index in [9.17, 15) is 9.90 Å². The summed E-state index contributed by atoms with van der Waals surface area (Å²) in [4.78, 5) is 11.3. The van der Waals surface area contributed by atoms with E-state index in [1.54, 1.807) is 0 Å². The number of carboxylic acid groups (broad SMARTS) is 1. The van der Waals surface area contributed by atoms with Crippen molar-refractivity contribution in [2.75, 3.05) is 6.79 Å². The molecule has 1 fully saturated rings. The molecule has 1 heterocycles. The van der Waals surface area contributed by atoms with Gasteiger partial charge in [0.1, 0.15) is 0 Å². The average Bonchev–Trinajstić information content (AvgIpc) is 2.90. The molecule has 1 aliphatic carbocycles. The zero-order valence-electron chi connectivity index (χ0n) is 8.95. The molecular formula is C12H12O4. The second-order valence-corrected chi connectivity index (χ2v) is 4.38. The Kier molecular flexibility index (Phi) is 1.73. The summed E-state index contributed by atoms with van der Waals surface area (Å²) in [6.45, 7) is 2.10. The molecule has 4 nitrogen and oxygen atoms in total. The lowest BCUT2D eigenvalue weighted by Gasteiger charge is -2.15. The molecule has 0 amide bonds. The van der Waals surface area contributed by atoms with E-state index in [0.717, 1.165) is 11.1 Å². The first kappa shape index (κ1) is 9.51.